The van der Waals surface area contributed by atoms with Gasteiger partial charge in [-0.25, -0.2) is 0 Å². The molecule has 0 amide bonds. The van der Waals surface area contributed by atoms with Crippen LogP contribution < -0.4 is 10.6 Å². The highest BCUT2D eigenvalue weighted by molar-refractivity contribution is 5.79. The Bertz CT molecular complexity index is 711. The molecule has 2 unspecified atom stereocenters. The Morgan fingerprint density at radius 3 is 2.56 bits per heavy atom. The summed E-state index contributed by atoms with van der Waals surface area (Å²) < 4.78 is 2.05. The van der Waals surface area contributed by atoms with Gasteiger partial charge in [-0.05, 0) is 38.3 Å². The summed E-state index contributed by atoms with van der Waals surface area (Å²) >= 11 is 0. The topological polar surface area (TPSA) is 74.5 Å². The molecule has 3 N–H and O–H groups in total. The lowest BCUT2D eigenvalue weighted by atomic mass is 10.0. The standard InChI is InChI=1S/C21H33N5O/c1-5-22-21(24-13-20(15-27)19-9-7-6-8-10-19)23-12-16(2)14-26-18(4)11-17(3)25-26/h6-11,16,20,27H,5,12-15H2,1-4H3,(H2,22,23,24). The van der Waals surface area contributed by atoms with Gasteiger partial charge < -0.3 is 15.7 Å². The van der Waals surface area contributed by atoms with Gasteiger partial charge in [0.15, 0.2) is 5.96 Å². The van der Waals surface area contributed by atoms with E-state index in [1.54, 1.807) is 0 Å². The number of hydrogen-bond acceptors (Lipinski definition) is 3. The van der Waals surface area contributed by atoms with Crippen LogP contribution in [-0.4, -0.2) is 47.1 Å². The van der Waals surface area contributed by atoms with Gasteiger partial charge in [-0.15, -0.1) is 0 Å². The third-order valence-corrected chi connectivity index (χ3v) is 4.50. The summed E-state index contributed by atoms with van der Waals surface area (Å²) in [5, 5.41) is 20.9. The molecule has 6 heteroatoms. The first-order chi connectivity index (χ1) is 13.0. The van der Waals surface area contributed by atoms with Crippen molar-refractivity contribution in [1.82, 2.24) is 20.4 Å². The highest BCUT2D eigenvalue weighted by Crippen LogP contribution is 2.13. The molecule has 0 aliphatic rings. The normalized spacial score (nSPS) is 14.0. The second-order valence-electron chi connectivity index (χ2n) is 7.11. The number of aromatic nitrogens is 2. The van der Waals surface area contributed by atoms with Gasteiger partial charge in [0.1, 0.15) is 0 Å². The monoisotopic (exact) mass is 371 g/mol. The van der Waals surface area contributed by atoms with Crippen molar-refractivity contribution in [3.05, 3.63) is 53.3 Å². The SMILES string of the molecule is CCNC(=NCC(C)Cn1nc(C)cc1C)NCC(CO)c1ccccc1. The first kappa shape index (κ1) is 21.0. The third kappa shape index (κ3) is 6.71. The zero-order valence-electron chi connectivity index (χ0n) is 16.9. The number of aliphatic imine (C=N–C) groups is 1. The van der Waals surface area contributed by atoms with Crippen LogP contribution in [0.4, 0.5) is 0 Å². The van der Waals surface area contributed by atoms with Gasteiger partial charge in [-0.3, -0.25) is 9.67 Å². The van der Waals surface area contributed by atoms with E-state index in [2.05, 4.69) is 42.6 Å². The fourth-order valence-electron chi connectivity index (χ4n) is 3.03. The zero-order valence-corrected chi connectivity index (χ0v) is 16.9. The van der Waals surface area contributed by atoms with E-state index in [4.69, 9.17) is 4.99 Å². The molecule has 2 aromatic rings. The smallest absolute Gasteiger partial charge is 0.191 e. The molecule has 0 saturated carbocycles. The van der Waals surface area contributed by atoms with Crippen LogP contribution in [0, 0.1) is 19.8 Å². The second kappa shape index (κ2) is 10.7. The Hall–Kier alpha value is -2.34. The van der Waals surface area contributed by atoms with E-state index in [1.807, 2.05) is 41.9 Å². The Balaban J connectivity index is 1.91. The Labute approximate surface area is 162 Å². The number of aliphatic hydroxyl groups is 1. The van der Waals surface area contributed by atoms with E-state index in [-0.39, 0.29) is 12.5 Å². The number of guanidine groups is 1. The molecule has 6 nitrogen and oxygen atoms in total. The predicted octanol–water partition coefficient (Wildman–Crippen LogP) is 2.47. The van der Waals surface area contributed by atoms with Crippen molar-refractivity contribution < 1.29 is 5.11 Å². The third-order valence-electron chi connectivity index (χ3n) is 4.50. The van der Waals surface area contributed by atoms with Crippen LogP contribution in [0.25, 0.3) is 0 Å². The predicted molar refractivity (Wildman–Crippen MR) is 111 cm³/mol. The number of nitrogens with zero attached hydrogens (tertiary/aromatic N) is 3. The van der Waals surface area contributed by atoms with Crippen molar-refractivity contribution in [3.63, 3.8) is 0 Å². The lowest BCUT2D eigenvalue weighted by Crippen LogP contribution is -2.40. The molecule has 148 valence electrons. The number of nitrogens with one attached hydrogen (secondary N) is 2. The van der Waals surface area contributed by atoms with Crippen LogP contribution in [0.1, 0.15) is 36.7 Å². The number of benzene rings is 1. The molecule has 2 atom stereocenters. The van der Waals surface area contributed by atoms with Crippen molar-refractivity contribution in [3.8, 4) is 0 Å². The summed E-state index contributed by atoms with van der Waals surface area (Å²) in [6.07, 6.45) is 0. The average molecular weight is 372 g/mol. The average Bonchev–Trinajstić information content (AvgIpc) is 2.97. The highest BCUT2D eigenvalue weighted by atomic mass is 16.3. The number of hydrogen-bond donors (Lipinski definition) is 3. The Morgan fingerprint density at radius 1 is 1.22 bits per heavy atom. The number of rotatable bonds is 9. The van der Waals surface area contributed by atoms with Crippen LogP contribution in [0.5, 0.6) is 0 Å². The maximum absolute atomic E-state index is 9.72. The first-order valence-corrected chi connectivity index (χ1v) is 9.72. The summed E-state index contributed by atoms with van der Waals surface area (Å²) in [6.45, 7) is 11.4. The van der Waals surface area contributed by atoms with Crippen molar-refractivity contribution >= 4 is 5.96 Å². The van der Waals surface area contributed by atoms with Crippen LogP contribution in [0.15, 0.2) is 41.4 Å². The van der Waals surface area contributed by atoms with Gasteiger partial charge in [0.05, 0.1) is 12.3 Å². The Morgan fingerprint density at radius 2 is 1.96 bits per heavy atom. The molecule has 1 heterocycles. The molecule has 2 rings (SSSR count). The number of aliphatic hydroxyl groups excluding tert-OH is 1. The first-order valence-electron chi connectivity index (χ1n) is 9.72. The lowest BCUT2D eigenvalue weighted by Gasteiger charge is -2.18. The van der Waals surface area contributed by atoms with Crippen molar-refractivity contribution in [2.24, 2.45) is 10.9 Å². The number of aryl methyl sites for hydroxylation is 2. The van der Waals surface area contributed by atoms with Crippen molar-refractivity contribution in [1.29, 1.82) is 0 Å². The fourth-order valence-corrected chi connectivity index (χ4v) is 3.03. The molecule has 0 radical (unpaired) electrons. The molecular weight excluding hydrogens is 338 g/mol. The van der Waals surface area contributed by atoms with Gasteiger partial charge >= 0.3 is 0 Å². The van der Waals surface area contributed by atoms with E-state index in [0.29, 0.717) is 19.0 Å². The van der Waals surface area contributed by atoms with Crippen LogP contribution in [0.2, 0.25) is 0 Å². The fraction of sp³-hybridized carbons (Fsp3) is 0.524. The van der Waals surface area contributed by atoms with Crippen LogP contribution >= 0.6 is 0 Å². The van der Waals surface area contributed by atoms with Gasteiger partial charge in [-0.1, -0.05) is 37.3 Å². The molecular formula is C21H33N5O. The van der Waals surface area contributed by atoms with E-state index < -0.39 is 0 Å². The summed E-state index contributed by atoms with van der Waals surface area (Å²) in [7, 11) is 0. The summed E-state index contributed by atoms with van der Waals surface area (Å²) in [4.78, 5) is 4.72. The molecule has 1 aromatic heterocycles. The zero-order chi connectivity index (χ0) is 19.6. The van der Waals surface area contributed by atoms with E-state index in [0.717, 1.165) is 30.3 Å². The molecule has 0 saturated heterocycles. The maximum atomic E-state index is 9.72. The molecule has 0 bridgehead atoms. The van der Waals surface area contributed by atoms with E-state index in [9.17, 15) is 5.11 Å². The maximum Gasteiger partial charge on any atom is 0.191 e. The molecule has 1 aromatic carbocycles. The Kier molecular flexibility index (Phi) is 8.33. The minimum atomic E-state index is 0.0437. The largest absolute Gasteiger partial charge is 0.396 e. The van der Waals surface area contributed by atoms with Gasteiger partial charge in [0, 0.05) is 37.8 Å². The molecule has 0 aliphatic carbocycles. The van der Waals surface area contributed by atoms with Crippen LogP contribution in [0.3, 0.4) is 0 Å². The molecule has 0 fully saturated rings. The van der Waals surface area contributed by atoms with Gasteiger partial charge in [0.2, 0.25) is 0 Å². The molecule has 0 spiro atoms. The quantitative estimate of drug-likeness (QED) is 0.468. The van der Waals surface area contributed by atoms with E-state index >= 15 is 0 Å². The van der Waals surface area contributed by atoms with Crippen LogP contribution in [-0.2, 0) is 6.54 Å². The van der Waals surface area contributed by atoms with Gasteiger partial charge in [0.25, 0.3) is 0 Å². The summed E-state index contributed by atoms with van der Waals surface area (Å²) in [5.74, 6) is 1.20. The van der Waals surface area contributed by atoms with E-state index in [1.165, 1.54) is 5.69 Å². The summed E-state index contributed by atoms with van der Waals surface area (Å²) in [5.41, 5.74) is 3.36. The molecule has 27 heavy (non-hydrogen) atoms. The molecule has 0 aliphatic heterocycles. The highest BCUT2D eigenvalue weighted by Gasteiger charge is 2.11. The lowest BCUT2D eigenvalue weighted by molar-refractivity contribution is 0.265. The van der Waals surface area contributed by atoms with Crippen molar-refractivity contribution in [2.75, 3.05) is 26.2 Å². The van der Waals surface area contributed by atoms with Crippen molar-refractivity contribution in [2.45, 2.75) is 40.2 Å². The summed E-state index contributed by atoms with van der Waals surface area (Å²) in [6, 6.07) is 12.2. The second-order valence-corrected chi connectivity index (χ2v) is 7.11. The minimum Gasteiger partial charge on any atom is -0.396 e. The van der Waals surface area contributed by atoms with Gasteiger partial charge in [-0.2, -0.15) is 5.10 Å². The minimum absolute atomic E-state index is 0.0437.